The van der Waals surface area contributed by atoms with Crippen molar-refractivity contribution >= 4 is 33.0 Å². The molecule has 2 aromatic heterocycles. The van der Waals surface area contributed by atoms with E-state index < -0.39 is 17.8 Å². The van der Waals surface area contributed by atoms with Gasteiger partial charge in [-0.3, -0.25) is 18.7 Å². The van der Waals surface area contributed by atoms with E-state index in [1.807, 2.05) is 74.5 Å². The molecule has 170 valence electrons. The molecule has 3 N–H and O–H groups in total. The molecule has 1 atom stereocenters. The zero-order chi connectivity index (χ0) is 23.5. The Bertz CT molecular complexity index is 1350. The second-order valence-corrected chi connectivity index (χ2v) is 9.06. The van der Waals surface area contributed by atoms with Crippen LogP contribution in [0.3, 0.4) is 0 Å². The van der Waals surface area contributed by atoms with Crippen molar-refractivity contribution in [3.05, 3.63) is 98.2 Å². The van der Waals surface area contributed by atoms with Gasteiger partial charge in [0.05, 0.1) is 16.4 Å². The lowest BCUT2D eigenvalue weighted by Gasteiger charge is -2.24. The van der Waals surface area contributed by atoms with Crippen molar-refractivity contribution < 1.29 is 4.79 Å². The van der Waals surface area contributed by atoms with Gasteiger partial charge >= 0.3 is 5.69 Å². The molecule has 4 aromatic rings. The molecule has 0 spiro atoms. The molecule has 0 aliphatic carbocycles. The Morgan fingerprint density at radius 3 is 2.12 bits per heavy atom. The van der Waals surface area contributed by atoms with Crippen molar-refractivity contribution in [2.45, 2.75) is 32.4 Å². The van der Waals surface area contributed by atoms with Crippen molar-refractivity contribution in [1.82, 2.24) is 14.5 Å². The topological polar surface area (TPSA) is 99.1 Å². The first-order chi connectivity index (χ1) is 16.0. The number of rotatable bonds is 8. The molecule has 33 heavy (non-hydrogen) atoms. The first-order valence-electron chi connectivity index (χ1n) is 10.8. The van der Waals surface area contributed by atoms with Gasteiger partial charge in [-0.1, -0.05) is 72.0 Å². The Morgan fingerprint density at radius 2 is 1.58 bits per heavy atom. The SMILES string of the molecule is Cc1c(N)sc2c1c(=O)n([C@H](C)CCNC=O)c(=O)n2C(c1ccccc1)c1ccccc1. The van der Waals surface area contributed by atoms with Gasteiger partial charge in [0.25, 0.3) is 5.56 Å². The molecule has 0 saturated carbocycles. The number of hydrogen-bond donors (Lipinski definition) is 2. The van der Waals surface area contributed by atoms with Crippen LogP contribution in [0.1, 0.15) is 42.1 Å². The van der Waals surface area contributed by atoms with E-state index in [0.717, 1.165) is 11.1 Å². The minimum absolute atomic E-state index is 0.352. The summed E-state index contributed by atoms with van der Waals surface area (Å²) in [6, 6.07) is 18.7. The maximum Gasteiger partial charge on any atom is 0.333 e. The summed E-state index contributed by atoms with van der Waals surface area (Å²) >= 11 is 1.26. The first-order valence-corrected chi connectivity index (χ1v) is 11.6. The number of benzene rings is 2. The van der Waals surface area contributed by atoms with Gasteiger partial charge in [0, 0.05) is 12.6 Å². The van der Waals surface area contributed by atoms with Crippen LogP contribution in [0.25, 0.3) is 10.2 Å². The quantitative estimate of drug-likeness (QED) is 0.309. The maximum atomic E-state index is 14.0. The molecule has 0 fully saturated rings. The van der Waals surface area contributed by atoms with Crippen molar-refractivity contribution in [2.24, 2.45) is 0 Å². The van der Waals surface area contributed by atoms with E-state index in [1.165, 1.54) is 15.9 Å². The van der Waals surface area contributed by atoms with Crippen LogP contribution in [0, 0.1) is 6.92 Å². The monoisotopic (exact) mass is 462 g/mol. The van der Waals surface area contributed by atoms with E-state index in [9.17, 15) is 14.4 Å². The molecule has 0 radical (unpaired) electrons. The Kier molecular flexibility index (Phi) is 6.46. The summed E-state index contributed by atoms with van der Waals surface area (Å²) in [5, 5.41) is 3.59. The standard InChI is InChI=1S/C25H26N4O3S/c1-16(13-14-27-15-30)28-23(31)20-17(2)22(26)33-24(20)29(25(28)32)21(18-9-5-3-6-10-18)19-11-7-4-8-12-19/h3-12,15-16,21H,13-14,26H2,1-2H3,(H,27,30)/t16-/m1/s1. The lowest BCUT2D eigenvalue weighted by molar-refractivity contribution is -0.109. The zero-order valence-electron chi connectivity index (χ0n) is 18.5. The molecule has 0 bridgehead atoms. The predicted octanol–water partition coefficient (Wildman–Crippen LogP) is 3.45. The number of nitrogens with one attached hydrogen (secondary N) is 1. The highest BCUT2D eigenvalue weighted by Gasteiger charge is 2.27. The van der Waals surface area contributed by atoms with E-state index in [2.05, 4.69) is 5.32 Å². The molecule has 7 nitrogen and oxygen atoms in total. The number of nitrogen functional groups attached to an aromatic ring is 1. The summed E-state index contributed by atoms with van der Waals surface area (Å²) in [7, 11) is 0. The van der Waals surface area contributed by atoms with E-state index in [4.69, 9.17) is 5.73 Å². The van der Waals surface area contributed by atoms with E-state index >= 15 is 0 Å². The minimum atomic E-state index is -0.438. The number of anilines is 1. The van der Waals surface area contributed by atoms with Gasteiger partial charge in [-0.25, -0.2) is 4.79 Å². The number of carbonyl (C=O) groups excluding carboxylic acids is 1. The zero-order valence-corrected chi connectivity index (χ0v) is 19.3. The molecule has 4 rings (SSSR count). The summed E-state index contributed by atoms with van der Waals surface area (Å²) in [6.07, 6.45) is 1.06. The third kappa shape index (κ3) is 4.09. The average molecular weight is 463 g/mol. The third-order valence-corrected chi connectivity index (χ3v) is 7.07. The van der Waals surface area contributed by atoms with Crippen LogP contribution in [-0.2, 0) is 4.79 Å². The lowest BCUT2D eigenvalue weighted by Crippen LogP contribution is -2.43. The van der Waals surface area contributed by atoms with Gasteiger partial charge < -0.3 is 11.1 Å². The van der Waals surface area contributed by atoms with Crippen LogP contribution < -0.4 is 22.3 Å². The fourth-order valence-corrected chi connectivity index (χ4v) is 5.29. The molecule has 2 aromatic carbocycles. The predicted molar refractivity (Wildman–Crippen MR) is 133 cm³/mol. The van der Waals surface area contributed by atoms with Crippen molar-refractivity contribution in [2.75, 3.05) is 12.3 Å². The number of hydrogen-bond acceptors (Lipinski definition) is 5. The molecule has 0 aliphatic rings. The van der Waals surface area contributed by atoms with Crippen LogP contribution in [0.15, 0.2) is 70.3 Å². The molecule has 8 heteroatoms. The number of fused-ring (bicyclic) bond motifs is 1. The summed E-state index contributed by atoms with van der Waals surface area (Å²) in [4.78, 5) is 38.7. The first kappa shape index (κ1) is 22.5. The second kappa shape index (κ2) is 9.46. The van der Waals surface area contributed by atoms with Crippen LogP contribution >= 0.6 is 11.3 Å². The summed E-state index contributed by atoms with van der Waals surface area (Å²) < 4.78 is 2.99. The molecule has 0 saturated heterocycles. The molecular weight excluding hydrogens is 436 g/mol. The Labute approximate surface area is 195 Å². The summed E-state index contributed by atoms with van der Waals surface area (Å²) in [6.45, 7) is 3.99. The summed E-state index contributed by atoms with van der Waals surface area (Å²) in [5.41, 5.74) is 8.04. The highest BCUT2D eigenvalue weighted by molar-refractivity contribution is 7.22. The molecule has 2 heterocycles. The van der Waals surface area contributed by atoms with Crippen molar-refractivity contribution in [1.29, 1.82) is 0 Å². The van der Waals surface area contributed by atoms with Crippen molar-refractivity contribution in [3.63, 3.8) is 0 Å². The van der Waals surface area contributed by atoms with Gasteiger partial charge in [0.2, 0.25) is 6.41 Å². The van der Waals surface area contributed by atoms with E-state index in [-0.39, 0.29) is 5.56 Å². The Morgan fingerprint density at radius 1 is 1.00 bits per heavy atom. The number of amides is 1. The van der Waals surface area contributed by atoms with Gasteiger partial charge in [-0.15, -0.1) is 0 Å². The van der Waals surface area contributed by atoms with Crippen molar-refractivity contribution in [3.8, 4) is 0 Å². The molecular formula is C25H26N4O3S. The maximum absolute atomic E-state index is 14.0. The Balaban J connectivity index is 2.07. The lowest BCUT2D eigenvalue weighted by atomic mass is 9.98. The number of thiophene rings is 1. The van der Waals surface area contributed by atoms with E-state index in [1.54, 1.807) is 4.57 Å². The number of aromatic nitrogens is 2. The van der Waals surface area contributed by atoms with Gasteiger partial charge in [0.15, 0.2) is 0 Å². The smallest absolute Gasteiger partial charge is 0.333 e. The van der Waals surface area contributed by atoms with Crippen LogP contribution in [0.2, 0.25) is 0 Å². The largest absolute Gasteiger partial charge is 0.390 e. The van der Waals surface area contributed by atoms with Crippen LogP contribution in [0.5, 0.6) is 0 Å². The molecule has 1 amide bonds. The highest BCUT2D eigenvalue weighted by atomic mass is 32.1. The minimum Gasteiger partial charge on any atom is -0.390 e. The number of aryl methyl sites for hydroxylation is 1. The molecule has 0 unspecified atom stereocenters. The van der Waals surface area contributed by atoms with Gasteiger partial charge in [-0.2, -0.15) is 0 Å². The highest BCUT2D eigenvalue weighted by Crippen LogP contribution is 2.35. The second-order valence-electron chi connectivity index (χ2n) is 8.03. The van der Waals surface area contributed by atoms with Crippen LogP contribution in [0.4, 0.5) is 5.00 Å². The Hall–Kier alpha value is -3.65. The average Bonchev–Trinajstić information content (AvgIpc) is 3.12. The van der Waals surface area contributed by atoms with Crippen LogP contribution in [-0.4, -0.2) is 22.1 Å². The summed E-state index contributed by atoms with van der Waals surface area (Å²) in [5.74, 6) is 0. The number of carbonyl (C=O) groups is 1. The fourth-order valence-electron chi connectivity index (χ4n) is 4.20. The van der Waals surface area contributed by atoms with Gasteiger partial charge in [0.1, 0.15) is 4.83 Å². The normalized spacial score (nSPS) is 12.2. The van der Waals surface area contributed by atoms with Gasteiger partial charge in [-0.05, 0) is 37.0 Å². The molecule has 0 aliphatic heterocycles. The number of nitrogens with two attached hydrogens (primary N) is 1. The third-order valence-electron chi connectivity index (χ3n) is 5.95. The number of nitrogens with zero attached hydrogens (tertiary/aromatic N) is 2. The fraction of sp³-hybridized carbons (Fsp3) is 0.240. The van der Waals surface area contributed by atoms with E-state index in [0.29, 0.717) is 40.2 Å².